The number of anilines is 1. The highest BCUT2D eigenvalue weighted by atomic mass is 19.1. The molecule has 0 spiro atoms. The Hall–Kier alpha value is -3.35. The molecule has 0 saturated heterocycles. The molecule has 0 aliphatic rings. The van der Waals surface area contributed by atoms with Crippen molar-refractivity contribution >= 4 is 11.7 Å². The highest BCUT2D eigenvalue weighted by Gasteiger charge is 2.19. The molecule has 0 fully saturated rings. The Morgan fingerprint density at radius 1 is 1.15 bits per heavy atom. The number of aromatic nitrogens is 2. The summed E-state index contributed by atoms with van der Waals surface area (Å²) >= 11 is 0. The maximum absolute atomic E-state index is 13.2. The Labute approximate surface area is 156 Å². The van der Waals surface area contributed by atoms with Gasteiger partial charge in [0.1, 0.15) is 11.6 Å². The van der Waals surface area contributed by atoms with Gasteiger partial charge in [0.05, 0.1) is 18.5 Å². The summed E-state index contributed by atoms with van der Waals surface area (Å²) in [6.45, 7) is 3.46. The first-order chi connectivity index (χ1) is 13.0. The fraction of sp³-hybridized carbons (Fsp3) is 0.200. The van der Waals surface area contributed by atoms with E-state index in [1.165, 1.54) is 19.2 Å². The lowest BCUT2D eigenvalue weighted by molar-refractivity contribution is -0.122. The molecule has 27 heavy (non-hydrogen) atoms. The Bertz CT molecular complexity index is 938. The summed E-state index contributed by atoms with van der Waals surface area (Å²) in [5.74, 6) is 0.811. The molecule has 3 aromatic rings. The van der Waals surface area contributed by atoms with Crippen molar-refractivity contribution in [3.63, 3.8) is 0 Å². The van der Waals surface area contributed by atoms with Gasteiger partial charge in [0.25, 0.3) is 5.91 Å². The van der Waals surface area contributed by atoms with Crippen LogP contribution in [0.5, 0.6) is 11.5 Å². The van der Waals surface area contributed by atoms with Crippen LogP contribution in [0.2, 0.25) is 0 Å². The minimum absolute atomic E-state index is 0.341. The topological polar surface area (TPSA) is 65.4 Å². The Morgan fingerprint density at radius 3 is 2.48 bits per heavy atom. The van der Waals surface area contributed by atoms with Crippen molar-refractivity contribution in [3.05, 3.63) is 66.1 Å². The van der Waals surface area contributed by atoms with Crippen LogP contribution in [-0.4, -0.2) is 28.9 Å². The van der Waals surface area contributed by atoms with Gasteiger partial charge in [-0.2, -0.15) is 5.10 Å². The molecule has 0 saturated carbocycles. The molecule has 3 rings (SSSR count). The minimum Gasteiger partial charge on any atom is -0.493 e. The molecule has 140 valence electrons. The van der Waals surface area contributed by atoms with Crippen LogP contribution in [0.15, 0.2) is 54.6 Å². The number of halogens is 1. The van der Waals surface area contributed by atoms with E-state index in [2.05, 4.69) is 10.4 Å². The summed E-state index contributed by atoms with van der Waals surface area (Å²) in [5, 5.41) is 7.16. The lowest BCUT2D eigenvalue weighted by Crippen LogP contribution is -2.31. The number of aryl methyl sites for hydroxylation is 1. The zero-order valence-corrected chi connectivity index (χ0v) is 15.3. The van der Waals surface area contributed by atoms with Crippen molar-refractivity contribution in [3.8, 4) is 17.2 Å². The number of para-hydroxylation sites is 2. The fourth-order valence-corrected chi connectivity index (χ4v) is 2.56. The summed E-state index contributed by atoms with van der Waals surface area (Å²) in [6.07, 6.45) is -0.766. The third kappa shape index (κ3) is 4.25. The Balaban J connectivity index is 1.77. The van der Waals surface area contributed by atoms with Crippen LogP contribution in [-0.2, 0) is 4.79 Å². The largest absolute Gasteiger partial charge is 0.493 e. The number of methoxy groups -OCH3 is 1. The van der Waals surface area contributed by atoms with Crippen LogP contribution >= 0.6 is 0 Å². The zero-order valence-electron chi connectivity index (χ0n) is 15.3. The molecule has 1 amide bonds. The van der Waals surface area contributed by atoms with Gasteiger partial charge in [-0.1, -0.05) is 12.1 Å². The number of amides is 1. The molecule has 7 heteroatoms. The summed E-state index contributed by atoms with van der Waals surface area (Å²) in [4.78, 5) is 12.6. The second kappa shape index (κ2) is 7.90. The Kier molecular flexibility index (Phi) is 5.40. The first-order valence-electron chi connectivity index (χ1n) is 8.41. The summed E-state index contributed by atoms with van der Waals surface area (Å²) in [6, 6.07) is 14.7. The van der Waals surface area contributed by atoms with Gasteiger partial charge in [0, 0.05) is 6.07 Å². The second-order valence-electron chi connectivity index (χ2n) is 5.96. The normalized spacial score (nSPS) is 11.7. The van der Waals surface area contributed by atoms with E-state index in [1.807, 2.05) is 13.0 Å². The van der Waals surface area contributed by atoms with Crippen molar-refractivity contribution in [1.29, 1.82) is 0 Å². The van der Waals surface area contributed by atoms with Crippen LogP contribution < -0.4 is 14.8 Å². The number of ether oxygens (including phenoxy) is 2. The lowest BCUT2D eigenvalue weighted by Gasteiger charge is -2.17. The van der Waals surface area contributed by atoms with Crippen LogP contribution in [0, 0.1) is 12.7 Å². The third-order valence-electron chi connectivity index (χ3n) is 3.90. The van der Waals surface area contributed by atoms with Crippen molar-refractivity contribution < 1.29 is 18.7 Å². The summed E-state index contributed by atoms with van der Waals surface area (Å²) in [7, 11) is 1.54. The molecule has 0 radical (unpaired) electrons. The van der Waals surface area contributed by atoms with Crippen molar-refractivity contribution in [2.75, 3.05) is 12.4 Å². The molecule has 2 aromatic carbocycles. The quantitative estimate of drug-likeness (QED) is 0.719. The molecule has 0 aliphatic carbocycles. The van der Waals surface area contributed by atoms with Gasteiger partial charge in [0.15, 0.2) is 17.6 Å². The van der Waals surface area contributed by atoms with Crippen LogP contribution in [0.25, 0.3) is 5.69 Å². The zero-order chi connectivity index (χ0) is 19.4. The predicted octanol–water partition coefficient (Wildman–Crippen LogP) is 3.73. The standard InChI is InChI=1S/C20H20FN3O3/c1-13-12-19(24(23-13)16-10-8-15(21)9-11-16)22-20(25)14(2)27-18-7-5-4-6-17(18)26-3/h4-12,14H,1-3H3,(H,22,25)/t14-/m0/s1. The van der Waals surface area contributed by atoms with E-state index < -0.39 is 6.10 Å². The van der Waals surface area contributed by atoms with E-state index in [4.69, 9.17) is 9.47 Å². The average Bonchev–Trinajstić information content (AvgIpc) is 3.02. The van der Waals surface area contributed by atoms with Crippen molar-refractivity contribution in [2.45, 2.75) is 20.0 Å². The summed E-state index contributed by atoms with van der Waals surface area (Å²) in [5.41, 5.74) is 1.35. The van der Waals surface area contributed by atoms with E-state index in [0.717, 1.165) is 0 Å². The van der Waals surface area contributed by atoms with E-state index in [1.54, 1.807) is 48.0 Å². The van der Waals surface area contributed by atoms with E-state index in [-0.39, 0.29) is 11.7 Å². The van der Waals surface area contributed by atoms with Crippen LogP contribution in [0.4, 0.5) is 10.2 Å². The molecular weight excluding hydrogens is 349 g/mol. The molecule has 0 aliphatic heterocycles. The van der Waals surface area contributed by atoms with Crippen LogP contribution in [0.1, 0.15) is 12.6 Å². The Morgan fingerprint density at radius 2 is 1.81 bits per heavy atom. The first-order valence-corrected chi connectivity index (χ1v) is 8.41. The van der Waals surface area contributed by atoms with Gasteiger partial charge in [-0.15, -0.1) is 0 Å². The molecule has 1 heterocycles. The highest BCUT2D eigenvalue weighted by molar-refractivity contribution is 5.93. The lowest BCUT2D eigenvalue weighted by atomic mass is 10.3. The van der Waals surface area contributed by atoms with E-state index in [0.29, 0.717) is 28.7 Å². The smallest absolute Gasteiger partial charge is 0.266 e. The predicted molar refractivity (Wildman–Crippen MR) is 100.0 cm³/mol. The molecule has 6 nitrogen and oxygen atoms in total. The number of carbonyl (C=O) groups is 1. The third-order valence-corrected chi connectivity index (χ3v) is 3.90. The van der Waals surface area contributed by atoms with Crippen molar-refractivity contribution in [1.82, 2.24) is 9.78 Å². The van der Waals surface area contributed by atoms with Gasteiger partial charge in [-0.05, 0) is 50.2 Å². The number of rotatable bonds is 6. The molecule has 1 aromatic heterocycles. The van der Waals surface area contributed by atoms with Gasteiger partial charge in [-0.25, -0.2) is 9.07 Å². The number of nitrogens with one attached hydrogen (secondary N) is 1. The SMILES string of the molecule is COc1ccccc1O[C@@H](C)C(=O)Nc1cc(C)nn1-c1ccc(F)cc1. The number of carbonyl (C=O) groups excluding carboxylic acids is 1. The first kappa shape index (κ1) is 18.4. The van der Waals surface area contributed by atoms with Gasteiger partial charge in [0.2, 0.25) is 0 Å². The van der Waals surface area contributed by atoms with Gasteiger partial charge < -0.3 is 14.8 Å². The second-order valence-corrected chi connectivity index (χ2v) is 5.96. The average molecular weight is 369 g/mol. The minimum atomic E-state index is -0.766. The molecular formula is C20H20FN3O3. The molecule has 1 atom stereocenters. The number of hydrogen-bond donors (Lipinski definition) is 1. The number of nitrogens with zero attached hydrogens (tertiary/aromatic N) is 2. The monoisotopic (exact) mass is 369 g/mol. The van der Waals surface area contributed by atoms with E-state index in [9.17, 15) is 9.18 Å². The molecule has 0 unspecified atom stereocenters. The fourth-order valence-electron chi connectivity index (χ4n) is 2.56. The maximum Gasteiger partial charge on any atom is 0.266 e. The highest BCUT2D eigenvalue weighted by Crippen LogP contribution is 2.27. The van der Waals surface area contributed by atoms with Gasteiger partial charge >= 0.3 is 0 Å². The maximum atomic E-state index is 13.2. The van der Waals surface area contributed by atoms with Crippen LogP contribution in [0.3, 0.4) is 0 Å². The summed E-state index contributed by atoms with van der Waals surface area (Å²) < 4.78 is 25.7. The van der Waals surface area contributed by atoms with Crippen molar-refractivity contribution in [2.24, 2.45) is 0 Å². The molecule has 1 N–H and O–H groups in total. The number of hydrogen-bond acceptors (Lipinski definition) is 4. The number of benzene rings is 2. The molecule has 0 bridgehead atoms. The van der Waals surface area contributed by atoms with E-state index >= 15 is 0 Å². The van der Waals surface area contributed by atoms with Gasteiger partial charge in [-0.3, -0.25) is 4.79 Å².